The lowest BCUT2D eigenvalue weighted by Crippen LogP contribution is -2.29. The first-order chi connectivity index (χ1) is 12.0. The number of ether oxygens (including phenoxy) is 1. The van der Waals surface area contributed by atoms with E-state index in [-0.39, 0.29) is 18.6 Å². The number of nitrogens with one attached hydrogen (secondary N) is 1. The molecule has 25 heavy (non-hydrogen) atoms. The number of carbonyl (C=O) groups excluding carboxylic acids is 2. The summed E-state index contributed by atoms with van der Waals surface area (Å²) in [6.45, 7) is 1.87. The number of hydrogen-bond donors (Lipinski definition) is 2. The van der Waals surface area contributed by atoms with Gasteiger partial charge in [0.2, 0.25) is 0 Å². The fourth-order valence-electron chi connectivity index (χ4n) is 2.76. The van der Waals surface area contributed by atoms with Crippen molar-refractivity contribution < 1.29 is 14.3 Å². The molecule has 5 nitrogen and oxygen atoms in total. The largest absolute Gasteiger partial charge is 0.484 e. The molecule has 0 unspecified atom stereocenters. The fourth-order valence-corrected chi connectivity index (χ4v) is 2.76. The van der Waals surface area contributed by atoms with Gasteiger partial charge in [-0.05, 0) is 55.5 Å². The molecule has 0 spiro atoms. The van der Waals surface area contributed by atoms with Gasteiger partial charge in [-0.25, -0.2) is 0 Å². The van der Waals surface area contributed by atoms with Crippen LogP contribution in [-0.4, -0.2) is 18.4 Å². The van der Waals surface area contributed by atoms with Gasteiger partial charge < -0.3 is 15.8 Å². The minimum absolute atomic E-state index is 0.0406. The second-order valence-corrected chi connectivity index (χ2v) is 6.48. The molecule has 130 valence electrons. The highest BCUT2D eigenvalue weighted by molar-refractivity contribution is 5.94. The maximum Gasteiger partial charge on any atom is 0.255 e. The van der Waals surface area contributed by atoms with Gasteiger partial charge in [0.25, 0.3) is 11.8 Å². The second-order valence-electron chi connectivity index (χ2n) is 6.48. The lowest BCUT2D eigenvalue weighted by atomic mass is 10.0. The van der Waals surface area contributed by atoms with Crippen molar-refractivity contribution in [2.24, 2.45) is 11.7 Å². The molecule has 1 saturated carbocycles. The Balaban J connectivity index is 1.67. The van der Waals surface area contributed by atoms with Crippen molar-refractivity contribution in [2.45, 2.75) is 25.8 Å². The Morgan fingerprint density at radius 3 is 2.32 bits per heavy atom. The van der Waals surface area contributed by atoms with Crippen LogP contribution in [0.1, 0.15) is 40.4 Å². The van der Waals surface area contributed by atoms with Crippen molar-refractivity contribution in [1.82, 2.24) is 5.32 Å². The standard InChI is InChI=1S/C20H22N2O3/c1-13-2-4-14(5-3-13)19(15-6-7-15)22-20(24)16-8-10-17(11-9-16)25-12-18(21)23/h2-5,8-11,15,19H,6-7,12H2,1H3,(H2,21,23)(H,22,24)/t19-/m1/s1. The number of hydrogen-bond acceptors (Lipinski definition) is 3. The van der Waals surface area contributed by atoms with E-state index in [4.69, 9.17) is 10.5 Å². The van der Waals surface area contributed by atoms with E-state index in [9.17, 15) is 9.59 Å². The molecule has 1 aliphatic carbocycles. The molecular formula is C20H22N2O3. The van der Waals surface area contributed by atoms with Crippen LogP contribution in [0.25, 0.3) is 0 Å². The lowest BCUT2D eigenvalue weighted by molar-refractivity contribution is -0.119. The highest BCUT2D eigenvalue weighted by Gasteiger charge is 2.33. The maximum absolute atomic E-state index is 12.6. The Labute approximate surface area is 147 Å². The first kappa shape index (κ1) is 17.0. The normalized spacial score (nSPS) is 14.6. The van der Waals surface area contributed by atoms with Crippen LogP contribution < -0.4 is 15.8 Å². The average Bonchev–Trinajstić information content (AvgIpc) is 3.44. The van der Waals surface area contributed by atoms with Crippen LogP contribution in [0, 0.1) is 12.8 Å². The molecule has 0 aliphatic heterocycles. The molecule has 0 radical (unpaired) electrons. The van der Waals surface area contributed by atoms with Crippen molar-refractivity contribution in [3.05, 3.63) is 65.2 Å². The van der Waals surface area contributed by atoms with E-state index in [0.29, 0.717) is 17.2 Å². The summed E-state index contributed by atoms with van der Waals surface area (Å²) >= 11 is 0. The monoisotopic (exact) mass is 338 g/mol. The first-order valence-corrected chi connectivity index (χ1v) is 8.41. The Kier molecular flexibility index (Phi) is 5.03. The van der Waals surface area contributed by atoms with Gasteiger partial charge in [0, 0.05) is 5.56 Å². The molecule has 5 heteroatoms. The Bertz CT molecular complexity index is 750. The van der Waals surface area contributed by atoms with Crippen LogP contribution in [0.15, 0.2) is 48.5 Å². The van der Waals surface area contributed by atoms with Gasteiger partial charge in [0.1, 0.15) is 5.75 Å². The number of benzene rings is 2. The summed E-state index contributed by atoms with van der Waals surface area (Å²) in [5.74, 6) is 0.364. The van der Waals surface area contributed by atoms with E-state index in [0.717, 1.165) is 18.4 Å². The number of carbonyl (C=O) groups is 2. The van der Waals surface area contributed by atoms with Crippen LogP contribution in [0.5, 0.6) is 5.75 Å². The number of rotatable bonds is 7. The topological polar surface area (TPSA) is 81.4 Å². The molecule has 3 rings (SSSR count). The minimum atomic E-state index is -0.535. The van der Waals surface area contributed by atoms with E-state index >= 15 is 0 Å². The third kappa shape index (κ3) is 4.59. The molecule has 0 bridgehead atoms. The quantitative estimate of drug-likeness (QED) is 0.814. The third-order valence-corrected chi connectivity index (χ3v) is 4.31. The van der Waals surface area contributed by atoms with E-state index in [1.165, 1.54) is 5.56 Å². The van der Waals surface area contributed by atoms with Gasteiger partial charge in [0.05, 0.1) is 6.04 Å². The van der Waals surface area contributed by atoms with Crippen LogP contribution in [0.3, 0.4) is 0 Å². The summed E-state index contributed by atoms with van der Waals surface area (Å²) in [6.07, 6.45) is 2.28. The van der Waals surface area contributed by atoms with Crippen LogP contribution >= 0.6 is 0 Å². The van der Waals surface area contributed by atoms with Crippen molar-refractivity contribution in [3.63, 3.8) is 0 Å². The van der Waals surface area contributed by atoms with Gasteiger partial charge in [-0.2, -0.15) is 0 Å². The fraction of sp³-hybridized carbons (Fsp3) is 0.300. The second kappa shape index (κ2) is 7.38. The number of aryl methyl sites for hydroxylation is 1. The lowest BCUT2D eigenvalue weighted by Gasteiger charge is -2.19. The van der Waals surface area contributed by atoms with E-state index in [2.05, 4.69) is 36.5 Å². The van der Waals surface area contributed by atoms with Crippen molar-refractivity contribution in [2.75, 3.05) is 6.61 Å². The molecule has 1 aliphatic rings. The van der Waals surface area contributed by atoms with Crippen LogP contribution in [0.4, 0.5) is 0 Å². The molecule has 0 aromatic heterocycles. The molecule has 0 saturated heterocycles. The molecule has 2 aromatic rings. The molecule has 2 aromatic carbocycles. The maximum atomic E-state index is 12.6. The first-order valence-electron chi connectivity index (χ1n) is 8.41. The zero-order valence-corrected chi connectivity index (χ0v) is 14.2. The predicted octanol–water partition coefficient (Wildman–Crippen LogP) is 2.74. The van der Waals surface area contributed by atoms with Crippen LogP contribution in [0.2, 0.25) is 0 Å². The molecule has 3 N–H and O–H groups in total. The molecule has 2 amide bonds. The molecular weight excluding hydrogens is 316 g/mol. The van der Waals surface area contributed by atoms with Crippen molar-refractivity contribution >= 4 is 11.8 Å². The van der Waals surface area contributed by atoms with Crippen LogP contribution in [-0.2, 0) is 4.79 Å². The smallest absolute Gasteiger partial charge is 0.255 e. The summed E-state index contributed by atoms with van der Waals surface area (Å²) < 4.78 is 5.21. The van der Waals surface area contributed by atoms with Gasteiger partial charge in [-0.15, -0.1) is 0 Å². The number of primary amides is 1. The van der Waals surface area contributed by atoms with Gasteiger partial charge in [-0.1, -0.05) is 29.8 Å². The van der Waals surface area contributed by atoms with E-state index < -0.39 is 5.91 Å². The summed E-state index contributed by atoms with van der Waals surface area (Å²) in [6, 6.07) is 15.0. The molecule has 0 heterocycles. The zero-order valence-electron chi connectivity index (χ0n) is 14.2. The van der Waals surface area contributed by atoms with Crippen molar-refractivity contribution in [3.8, 4) is 5.75 Å². The third-order valence-electron chi connectivity index (χ3n) is 4.31. The minimum Gasteiger partial charge on any atom is -0.484 e. The average molecular weight is 338 g/mol. The summed E-state index contributed by atoms with van der Waals surface area (Å²) in [4.78, 5) is 23.3. The Morgan fingerprint density at radius 1 is 1.12 bits per heavy atom. The van der Waals surface area contributed by atoms with Crippen molar-refractivity contribution in [1.29, 1.82) is 0 Å². The predicted molar refractivity (Wildman–Crippen MR) is 95.2 cm³/mol. The summed E-state index contributed by atoms with van der Waals surface area (Å²) in [5.41, 5.74) is 7.95. The Morgan fingerprint density at radius 2 is 1.76 bits per heavy atom. The number of amides is 2. The van der Waals surface area contributed by atoms with Gasteiger partial charge in [0.15, 0.2) is 6.61 Å². The summed E-state index contributed by atoms with van der Waals surface area (Å²) in [7, 11) is 0. The van der Waals surface area contributed by atoms with E-state index in [1.54, 1.807) is 24.3 Å². The number of nitrogens with two attached hydrogens (primary N) is 1. The van der Waals surface area contributed by atoms with Gasteiger partial charge >= 0.3 is 0 Å². The Hall–Kier alpha value is -2.82. The zero-order chi connectivity index (χ0) is 17.8. The SMILES string of the molecule is Cc1ccc([C@@H](NC(=O)c2ccc(OCC(N)=O)cc2)C2CC2)cc1. The van der Waals surface area contributed by atoms with E-state index in [1.807, 2.05) is 0 Å². The summed E-state index contributed by atoms with van der Waals surface area (Å²) in [5, 5.41) is 3.15. The highest BCUT2D eigenvalue weighted by Crippen LogP contribution is 2.41. The van der Waals surface area contributed by atoms with Gasteiger partial charge in [-0.3, -0.25) is 9.59 Å². The molecule has 1 fully saturated rings. The molecule has 1 atom stereocenters. The highest BCUT2D eigenvalue weighted by atomic mass is 16.5.